The lowest BCUT2D eigenvalue weighted by atomic mass is 9.89. The molecule has 1 aromatic rings. The molecule has 0 aliphatic carbocycles. The fraction of sp³-hybridized carbons (Fsp3) is 0.600. The molecule has 0 N–H and O–H groups in total. The Morgan fingerprint density at radius 2 is 1.79 bits per heavy atom. The minimum Gasteiger partial charge on any atom is -0.379 e. The number of hydrogen-bond acceptors (Lipinski definition) is 3. The molecule has 24 heavy (non-hydrogen) atoms. The summed E-state index contributed by atoms with van der Waals surface area (Å²) in [4.78, 5) is 5.11. The molecule has 0 bridgehead atoms. The van der Waals surface area contributed by atoms with E-state index in [4.69, 9.17) is 4.74 Å². The van der Waals surface area contributed by atoms with Gasteiger partial charge in [0.25, 0.3) is 0 Å². The van der Waals surface area contributed by atoms with E-state index in [1.54, 1.807) is 0 Å². The van der Waals surface area contributed by atoms with E-state index in [1.807, 2.05) is 12.1 Å². The number of likely N-dealkylation sites (tertiary alicyclic amines) is 1. The SMILES string of the molecule is CC(C1CCN(CC=Cc2ccc(F)cc2)CC1)N1CCOCC1. The predicted molar refractivity (Wildman–Crippen MR) is 96.5 cm³/mol. The number of hydrogen-bond donors (Lipinski definition) is 0. The largest absolute Gasteiger partial charge is 0.379 e. The van der Waals surface area contributed by atoms with Crippen LogP contribution in [0.4, 0.5) is 4.39 Å². The van der Waals surface area contributed by atoms with E-state index < -0.39 is 0 Å². The van der Waals surface area contributed by atoms with Crippen LogP contribution >= 0.6 is 0 Å². The van der Waals surface area contributed by atoms with Gasteiger partial charge in [0.1, 0.15) is 5.82 Å². The first-order valence-electron chi connectivity index (χ1n) is 9.18. The van der Waals surface area contributed by atoms with E-state index in [0.29, 0.717) is 6.04 Å². The van der Waals surface area contributed by atoms with Crippen LogP contribution in [0.3, 0.4) is 0 Å². The van der Waals surface area contributed by atoms with Gasteiger partial charge in [-0.15, -0.1) is 0 Å². The first-order chi connectivity index (χ1) is 11.7. The average Bonchev–Trinajstić information content (AvgIpc) is 2.64. The van der Waals surface area contributed by atoms with Crippen molar-refractivity contribution in [2.45, 2.75) is 25.8 Å². The maximum atomic E-state index is 12.9. The number of ether oxygens (including phenoxy) is 1. The van der Waals surface area contributed by atoms with E-state index in [9.17, 15) is 4.39 Å². The molecular weight excluding hydrogens is 303 g/mol. The molecule has 0 amide bonds. The minimum absolute atomic E-state index is 0.177. The summed E-state index contributed by atoms with van der Waals surface area (Å²) in [6.07, 6.45) is 6.84. The number of morpholine rings is 1. The summed E-state index contributed by atoms with van der Waals surface area (Å²) in [7, 11) is 0. The molecule has 2 fully saturated rings. The van der Waals surface area contributed by atoms with Crippen molar-refractivity contribution in [2.24, 2.45) is 5.92 Å². The van der Waals surface area contributed by atoms with Gasteiger partial charge in [-0.25, -0.2) is 4.39 Å². The van der Waals surface area contributed by atoms with Gasteiger partial charge in [0.15, 0.2) is 0 Å². The molecule has 132 valence electrons. The van der Waals surface area contributed by atoms with Gasteiger partial charge in [-0.1, -0.05) is 24.3 Å². The smallest absolute Gasteiger partial charge is 0.123 e. The molecular formula is C20H29FN2O. The zero-order valence-electron chi connectivity index (χ0n) is 14.7. The van der Waals surface area contributed by atoms with Crippen molar-refractivity contribution in [3.63, 3.8) is 0 Å². The summed E-state index contributed by atoms with van der Waals surface area (Å²) in [5.41, 5.74) is 1.06. The Morgan fingerprint density at radius 1 is 1.12 bits per heavy atom. The first kappa shape index (κ1) is 17.6. The van der Waals surface area contributed by atoms with Crippen molar-refractivity contribution in [1.82, 2.24) is 9.80 Å². The quantitative estimate of drug-likeness (QED) is 0.823. The maximum absolute atomic E-state index is 12.9. The molecule has 1 aromatic carbocycles. The van der Waals surface area contributed by atoms with Crippen molar-refractivity contribution < 1.29 is 9.13 Å². The molecule has 0 spiro atoms. The highest BCUT2D eigenvalue weighted by atomic mass is 19.1. The summed E-state index contributed by atoms with van der Waals surface area (Å²) in [5, 5.41) is 0. The minimum atomic E-state index is -0.177. The molecule has 2 aliphatic heterocycles. The Hall–Kier alpha value is -1.23. The van der Waals surface area contributed by atoms with E-state index in [0.717, 1.165) is 44.3 Å². The van der Waals surface area contributed by atoms with E-state index in [2.05, 4.69) is 28.9 Å². The van der Waals surface area contributed by atoms with Crippen LogP contribution in [-0.2, 0) is 4.74 Å². The number of benzene rings is 1. The predicted octanol–water partition coefficient (Wildman–Crippen LogP) is 3.27. The Labute approximate surface area is 145 Å². The van der Waals surface area contributed by atoms with Crippen LogP contribution in [-0.4, -0.2) is 61.8 Å². The third-order valence-corrected chi connectivity index (χ3v) is 5.48. The van der Waals surface area contributed by atoms with Gasteiger partial charge in [-0.2, -0.15) is 0 Å². The zero-order valence-corrected chi connectivity index (χ0v) is 14.7. The molecule has 2 saturated heterocycles. The number of rotatable bonds is 5. The molecule has 3 nitrogen and oxygen atoms in total. The van der Waals surface area contributed by atoms with Crippen LogP contribution in [0.2, 0.25) is 0 Å². The van der Waals surface area contributed by atoms with Crippen molar-refractivity contribution in [1.29, 1.82) is 0 Å². The van der Waals surface area contributed by atoms with Crippen molar-refractivity contribution >= 4 is 6.08 Å². The molecule has 1 atom stereocenters. The molecule has 0 saturated carbocycles. The molecule has 2 aliphatic rings. The molecule has 0 radical (unpaired) electrons. The second-order valence-electron chi connectivity index (χ2n) is 6.98. The van der Waals surface area contributed by atoms with Crippen LogP contribution in [0.25, 0.3) is 6.08 Å². The van der Waals surface area contributed by atoms with Gasteiger partial charge in [-0.3, -0.25) is 9.80 Å². The van der Waals surface area contributed by atoms with Crippen LogP contribution < -0.4 is 0 Å². The highest BCUT2D eigenvalue weighted by molar-refractivity contribution is 5.48. The highest BCUT2D eigenvalue weighted by Crippen LogP contribution is 2.24. The molecule has 0 aromatic heterocycles. The number of nitrogens with zero attached hydrogens (tertiary/aromatic N) is 2. The van der Waals surface area contributed by atoms with Gasteiger partial charge in [0.05, 0.1) is 13.2 Å². The number of piperidine rings is 1. The van der Waals surface area contributed by atoms with Gasteiger partial charge in [0.2, 0.25) is 0 Å². The van der Waals surface area contributed by atoms with Crippen molar-refractivity contribution in [3.05, 3.63) is 41.7 Å². The second kappa shape index (κ2) is 8.75. The van der Waals surface area contributed by atoms with Crippen LogP contribution in [0.1, 0.15) is 25.3 Å². The summed E-state index contributed by atoms with van der Waals surface area (Å²) in [6.45, 7) is 9.66. The van der Waals surface area contributed by atoms with Crippen molar-refractivity contribution in [2.75, 3.05) is 45.9 Å². The van der Waals surface area contributed by atoms with Crippen LogP contribution in [0.15, 0.2) is 30.3 Å². The van der Waals surface area contributed by atoms with Crippen molar-refractivity contribution in [3.8, 4) is 0 Å². The molecule has 3 rings (SSSR count). The third-order valence-electron chi connectivity index (χ3n) is 5.48. The standard InChI is InChI=1S/C20H29FN2O/c1-17(23-13-15-24-16-14-23)19-8-11-22(12-9-19)10-2-3-18-4-6-20(21)7-5-18/h2-7,17,19H,8-16H2,1H3. The lowest BCUT2D eigenvalue weighted by Gasteiger charge is -2.40. The van der Waals surface area contributed by atoms with E-state index in [1.165, 1.54) is 38.1 Å². The first-order valence-corrected chi connectivity index (χ1v) is 9.18. The lowest BCUT2D eigenvalue weighted by molar-refractivity contribution is -0.000953. The summed E-state index contributed by atoms with van der Waals surface area (Å²) >= 11 is 0. The molecule has 4 heteroatoms. The molecule has 1 unspecified atom stereocenters. The monoisotopic (exact) mass is 332 g/mol. The second-order valence-corrected chi connectivity index (χ2v) is 6.98. The van der Waals surface area contributed by atoms with Crippen LogP contribution in [0, 0.1) is 11.7 Å². The normalized spacial score (nSPS) is 22.9. The topological polar surface area (TPSA) is 15.7 Å². The van der Waals surface area contributed by atoms with E-state index in [-0.39, 0.29) is 5.82 Å². The average molecular weight is 332 g/mol. The third kappa shape index (κ3) is 4.88. The fourth-order valence-corrected chi connectivity index (χ4v) is 3.81. The Kier molecular flexibility index (Phi) is 6.41. The Morgan fingerprint density at radius 3 is 2.46 bits per heavy atom. The van der Waals surface area contributed by atoms with E-state index >= 15 is 0 Å². The lowest BCUT2D eigenvalue weighted by Crippen LogP contribution is -2.48. The molecule has 2 heterocycles. The van der Waals surface area contributed by atoms with Gasteiger partial charge < -0.3 is 4.74 Å². The highest BCUT2D eigenvalue weighted by Gasteiger charge is 2.28. The van der Waals surface area contributed by atoms with Gasteiger partial charge in [-0.05, 0) is 56.5 Å². The zero-order chi connectivity index (χ0) is 16.8. The summed E-state index contributed by atoms with van der Waals surface area (Å²) in [5.74, 6) is 0.629. The van der Waals surface area contributed by atoms with Gasteiger partial charge in [0, 0.05) is 25.7 Å². The fourth-order valence-electron chi connectivity index (χ4n) is 3.81. The Balaban J connectivity index is 1.40. The Bertz CT molecular complexity index is 517. The number of halogens is 1. The maximum Gasteiger partial charge on any atom is 0.123 e. The van der Waals surface area contributed by atoms with Crippen LogP contribution in [0.5, 0.6) is 0 Å². The summed E-state index contributed by atoms with van der Waals surface area (Å²) in [6, 6.07) is 7.34. The van der Waals surface area contributed by atoms with Gasteiger partial charge >= 0.3 is 0 Å². The summed E-state index contributed by atoms with van der Waals surface area (Å²) < 4.78 is 18.4.